The number of aliphatic carboxylic acids is 1. The highest BCUT2D eigenvalue weighted by Gasteiger charge is 2.27. The zero-order valence-corrected chi connectivity index (χ0v) is 17.2. The number of benzene rings is 1. The molecule has 0 spiro atoms. The van der Waals surface area contributed by atoms with Crippen molar-refractivity contribution in [3.05, 3.63) is 35.5 Å². The number of aromatic nitrogens is 1. The average Bonchev–Trinajstić information content (AvgIpc) is 3.00. The Morgan fingerprint density at radius 1 is 0.862 bits per heavy atom. The summed E-state index contributed by atoms with van der Waals surface area (Å²) in [6, 6.07) is 6.78. The van der Waals surface area contributed by atoms with E-state index in [0.29, 0.717) is 17.3 Å². The highest BCUT2D eigenvalue weighted by atomic mass is 16.4. The second-order valence-electron chi connectivity index (χ2n) is 7.53. The molecule has 158 valence electrons. The van der Waals surface area contributed by atoms with Gasteiger partial charge in [0.05, 0.1) is 11.1 Å². The highest BCUT2D eigenvalue weighted by molar-refractivity contribution is 6.15. The summed E-state index contributed by atoms with van der Waals surface area (Å²) in [4.78, 5) is 35.9. The molecule has 2 N–H and O–H groups in total. The van der Waals surface area contributed by atoms with Crippen molar-refractivity contribution in [2.45, 2.75) is 77.7 Å². The molecule has 1 heterocycles. The summed E-state index contributed by atoms with van der Waals surface area (Å²) < 4.78 is 1.21. The standard InChI is InChI=1S/C23H31NO5/c1-2-3-4-5-6-7-8-9-10-15-19(25)21-17-13-11-12-14-18(17)24(16-20(26)27)22(21)23(28)29/h11-14H,2-10,15-16H2,1H3,(H,26,27)(H,28,29). The number of aromatic carboxylic acids is 1. The fraction of sp³-hybridized carbons (Fsp3) is 0.522. The number of nitrogens with zero attached hydrogens (tertiary/aromatic N) is 1. The Bertz CT molecular complexity index is 852. The number of rotatable bonds is 14. The quantitative estimate of drug-likeness (QED) is 0.320. The highest BCUT2D eigenvalue weighted by Crippen LogP contribution is 2.28. The molecule has 6 nitrogen and oxygen atoms in total. The van der Waals surface area contributed by atoms with E-state index in [0.717, 1.165) is 19.3 Å². The zero-order chi connectivity index (χ0) is 21.2. The number of Topliss-reactive ketones (excluding diaryl/α,β-unsaturated/α-hetero) is 1. The number of para-hydroxylation sites is 1. The summed E-state index contributed by atoms with van der Waals surface area (Å²) in [5, 5.41) is 19.4. The Morgan fingerprint density at radius 3 is 2.03 bits per heavy atom. The van der Waals surface area contributed by atoms with Crippen LogP contribution in [0.4, 0.5) is 0 Å². The smallest absolute Gasteiger partial charge is 0.353 e. The molecule has 0 aliphatic rings. The molecule has 0 saturated carbocycles. The fourth-order valence-corrected chi connectivity index (χ4v) is 3.83. The van der Waals surface area contributed by atoms with Crippen molar-refractivity contribution in [2.75, 3.05) is 0 Å². The van der Waals surface area contributed by atoms with Crippen molar-refractivity contribution in [2.24, 2.45) is 0 Å². The maximum atomic E-state index is 12.9. The van der Waals surface area contributed by atoms with E-state index in [1.54, 1.807) is 24.3 Å². The van der Waals surface area contributed by atoms with E-state index in [9.17, 15) is 24.6 Å². The van der Waals surface area contributed by atoms with Crippen LogP contribution >= 0.6 is 0 Å². The van der Waals surface area contributed by atoms with Crippen LogP contribution in [0.15, 0.2) is 24.3 Å². The van der Waals surface area contributed by atoms with Gasteiger partial charge in [0.2, 0.25) is 0 Å². The number of carboxylic acid groups (broad SMARTS) is 2. The molecule has 0 unspecified atom stereocenters. The van der Waals surface area contributed by atoms with Gasteiger partial charge in [-0.15, -0.1) is 0 Å². The second-order valence-corrected chi connectivity index (χ2v) is 7.53. The lowest BCUT2D eigenvalue weighted by Crippen LogP contribution is -2.17. The van der Waals surface area contributed by atoms with Gasteiger partial charge in [-0.1, -0.05) is 76.5 Å². The minimum absolute atomic E-state index is 0.133. The van der Waals surface area contributed by atoms with Crippen LogP contribution in [0.3, 0.4) is 0 Å². The first-order chi connectivity index (χ1) is 14.0. The predicted octanol–water partition coefficient (Wildman–Crippen LogP) is 5.53. The van der Waals surface area contributed by atoms with Crippen LogP contribution in [0.5, 0.6) is 0 Å². The number of carboxylic acids is 2. The van der Waals surface area contributed by atoms with E-state index >= 15 is 0 Å². The summed E-state index contributed by atoms with van der Waals surface area (Å²) in [5.41, 5.74) is 0.367. The number of hydrogen-bond donors (Lipinski definition) is 2. The minimum atomic E-state index is -1.28. The number of hydrogen-bond acceptors (Lipinski definition) is 3. The summed E-state index contributed by atoms with van der Waals surface area (Å²) >= 11 is 0. The van der Waals surface area contributed by atoms with Crippen molar-refractivity contribution in [3.63, 3.8) is 0 Å². The van der Waals surface area contributed by atoms with Crippen LogP contribution in [0, 0.1) is 0 Å². The normalized spacial score (nSPS) is 11.1. The fourth-order valence-electron chi connectivity index (χ4n) is 3.83. The molecule has 0 radical (unpaired) electrons. The molecule has 0 saturated heterocycles. The van der Waals surface area contributed by atoms with Crippen molar-refractivity contribution in [3.8, 4) is 0 Å². The van der Waals surface area contributed by atoms with Crippen LogP contribution in [-0.4, -0.2) is 32.5 Å². The SMILES string of the molecule is CCCCCCCCCCCC(=O)c1c(C(=O)O)n(CC(=O)O)c2ccccc12. The van der Waals surface area contributed by atoms with Crippen molar-refractivity contribution < 1.29 is 24.6 Å². The number of carbonyl (C=O) groups is 3. The maximum Gasteiger partial charge on any atom is 0.353 e. The molecule has 0 amide bonds. The van der Waals surface area contributed by atoms with Gasteiger partial charge in [-0.2, -0.15) is 0 Å². The minimum Gasteiger partial charge on any atom is -0.480 e. The molecule has 0 atom stereocenters. The largest absolute Gasteiger partial charge is 0.480 e. The molecule has 6 heteroatoms. The van der Waals surface area contributed by atoms with Crippen LogP contribution in [0.25, 0.3) is 10.9 Å². The molecule has 2 aromatic rings. The molecule has 0 fully saturated rings. The van der Waals surface area contributed by atoms with Gasteiger partial charge >= 0.3 is 11.9 Å². The Hall–Kier alpha value is -2.63. The van der Waals surface area contributed by atoms with E-state index in [4.69, 9.17) is 0 Å². The number of carbonyl (C=O) groups excluding carboxylic acids is 1. The lowest BCUT2D eigenvalue weighted by atomic mass is 10.0. The Balaban J connectivity index is 2.04. The third-order valence-electron chi connectivity index (χ3n) is 5.25. The zero-order valence-electron chi connectivity index (χ0n) is 17.2. The first-order valence-electron chi connectivity index (χ1n) is 10.6. The van der Waals surface area contributed by atoms with Crippen molar-refractivity contribution >= 4 is 28.6 Å². The second kappa shape index (κ2) is 11.4. The molecule has 1 aromatic carbocycles. The van der Waals surface area contributed by atoms with Crippen LogP contribution < -0.4 is 0 Å². The average molecular weight is 402 g/mol. The maximum absolute atomic E-state index is 12.9. The Morgan fingerprint density at radius 2 is 1.45 bits per heavy atom. The summed E-state index contributed by atoms with van der Waals surface area (Å²) in [5.74, 6) is -2.66. The van der Waals surface area contributed by atoms with Gasteiger partial charge < -0.3 is 14.8 Å². The van der Waals surface area contributed by atoms with Gasteiger partial charge in [0.1, 0.15) is 12.2 Å². The molecule has 0 aliphatic heterocycles. The first-order valence-corrected chi connectivity index (χ1v) is 10.6. The van der Waals surface area contributed by atoms with Gasteiger partial charge in [-0.05, 0) is 12.5 Å². The van der Waals surface area contributed by atoms with E-state index in [1.165, 1.54) is 36.7 Å². The van der Waals surface area contributed by atoms with E-state index in [-0.39, 0.29) is 23.5 Å². The number of ketones is 1. The van der Waals surface area contributed by atoms with Gasteiger partial charge in [-0.25, -0.2) is 4.79 Å². The summed E-state index contributed by atoms with van der Waals surface area (Å²) in [7, 11) is 0. The summed E-state index contributed by atoms with van der Waals surface area (Å²) in [6.07, 6.45) is 10.5. The van der Waals surface area contributed by atoms with E-state index in [2.05, 4.69) is 6.92 Å². The van der Waals surface area contributed by atoms with Gasteiger partial charge in [0.15, 0.2) is 5.78 Å². The molecular formula is C23H31NO5. The third kappa shape index (κ3) is 6.17. The van der Waals surface area contributed by atoms with E-state index in [1.807, 2.05) is 0 Å². The first kappa shape index (κ1) is 22.7. The Kier molecular flexibility index (Phi) is 8.90. The molecule has 29 heavy (non-hydrogen) atoms. The Labute approximate surface area is 171 Å². The monoisotopic (exact) mass is 401 g/mol. The molecule has 0 bridgehead atoms. The van der Waals surface area contributed by atoms with E-state index < -0.39 is 18.5 Å². The lowest BCUT2D eigenvalue weighted by molar-refractivity contribution is -0.137. The van der Waals surface area contributed by atoms with Crippen molar-refractivity contribution in [1.82, 2.24) is 4.57 Å². The van der Waals surface area contributed by atoms with Crippen molar-refractivity contribution in [1.29, 1.82) is 0 Å². The number of unbranched alkanes of at least 4 members (excludes halogenated alkanes) is 8. The molecule has 2 rings (SSSR count). The summed E-state index contributed by atoms with van der Waals surface area (Å²) in [6.45, 7) is 1.71. The number of fused-ring (bicyclic) bond motifs is 1. The van der Waals surface area contributed by atoms with Crippen LogP contribution in [0.1, 0.15) is 92.0 Å². The van der Waals surface area contributed by atoms with Gasteiger partial charge in [0.25, 0.3) is 0 Å². The lowest BCUT2D eigenvalue weighted by Gasteiger charge is -2.06. The predicted molar refractivity (Wildman–Crippen MR) is 113 cm³/mol. The van der Waals surface area contributed by atoms with Gasteiger partial charge in [0, 0.05) is 11.8 Å². The van der Waals surface area contributed by atoms with Crippen LogP contribution in [-0.2, 0) is 11.3 Å². The third-order valence-corrected chi connectivity index (χ3v) is 5.25. The molecule has 1 aromatic heterocycles. The molecule has 0 aliphatic carbocycles. The van der Waals surface area contributed by atoms with Gasteiger partial charge in [-0.3, -0.25) is 9.59 Å². The molecular weight excluding hydrogens is 370 g/mol. The van der Waals surface area contributed by atoms with Crippen LogP contribution in [0.2, 0.25) is 0 Å². The topological polar surface area (TPSA) is 96.6 Å².